The van der Waals surface area contributed by atoms with E-state index in [2.05, 4.69) is 5.32 Å². The van der Waals surface area contributed by atoms with Crippen LogP contribution in [0.25, 0.3) is 10.8 Å². The van der Waals surface area contributed by atoms with Crippen LogP contribution in [0.3, 0.4) is 0 Å². The number of ether oxygens (including phenoxy) is 2. The summed E-state index contributed by atoms with van der Waals surface area (Å²) >= 11 is 0. The van der Waals surface area contributed by atoms with Gasteiger partial charge in [0.2, 0.25) is 20.0 Å². The van der Waals surface area contributed by atoms with Gasteiger partial charge in [0.05, 0.1) is 22.0 Å². The molecule has 0 aliphatic carbocycles. The van der Waals surface area contributed by atoms with Crippen LogP contribution in [-0.4, -0.2) is 76.8 Å². The SMILES string of the molecule is NS(=O)(=O)c1cccc(OC[C@@H](O)CNC2COC3(CCN(S(=O)(=O)c4ccc5ccccc5c4)CC3)C2)c1. The maximum absolute atomic E-state index is 13.3. The van der Waals surface area contributed by atoms with E-state index >= 15 is 0 Å². The number of sulfonamides is 2. The molecule has 39 heavy (non-hydrogen) atoms. The number of benzene rings is 3. The first kappa shape index (κ1) is 28.0. The monoisotopic (exact) mass is 575 g/mol. The van der Waals surface area contributed by atoms with E-state index in [1.54, 1.807) is 22.5 Å². The molecule has 0 saturated carbocycles. The van der Waals surface area contributed by atoms with Crippen molar-refractivity contribution in [2.45, 2.75) is 46.8 Å². The van der Waals surface area contributed by atoms with E-state index in [9.17, 15) is 21.9 Å². The second kappa shape index (κ2) is 11.1. The molecule has 5 rings (SSSR count). The molecule has 2 aliphatic rings. The number of fused-ring (bicyclic) bond motifs is 1. The van der Waals surface area contributed by atoms with Crippen molar-refractivity contribution in [2.24, 2.45) is 5.14 Å². The summed E-state index contributed by atoms with van der Waals surface area (Å²) in [5, 5.41) is 20.7. The molecule has 2 heterocycles. The highest BCUT2D eigenvalue weighted by molar-refractivity contribution is 7.89. The molecule has 2 aliphatic heterocycles. The van der Waals surface area contributed by atoms with E-state index in [0.29, 0.717) is 43.2 Å². The van der Waals surface area contributed by atoms with Gasteiger partial charge in [-0.3, -0.25) is 0 Å². The van der Waals surface area contributed by atoms with Crippen LogP contribution in [0.15, 0.2) is 76.5 Å². The standard InChI is InChI=1S/C27H33N3O7S2/c28-38(32,33)25-7-3-6-24(15-25)36-19-23(31)17-29-22-16-27(37-18-22)10-12-30(13-11-27)39(34,35)26-9-8-20-4-1-2-5-21(20)14-26/h1-9,14-15,22-23,29,31H,10-13,16-19H2,(H2,28,32,33)/t22?,23-/m0/s1. The number of nitrogens with zero attached hydrogens (tertiary/aromatic N) is 1. The van der Waals surface area contributed by atoms with Gasteiger partial charge in [-0.05, 0) is 54.3 Å². The molecule has 10 nitrogen and oxygen atoms in total. The molecule has 0 aromatic heterocycles. The van der Waals surface area contributed by atoms with Crippen molar-refractivity contribution >= 4 is 30.8 Å². The number of hydrogen-bond acceptors (Lipinski definition) is 8. The Hall–Kier alpha value is -2.58. The molecule has 3 aromatic carbocycles. The normalized spacial score (nSPS) is 20.8. The van der Waals surface area contributed by atoms with Gasteiger partial charge in [-0.15, -0.1) is 0 Å². The zero-order chi connectivity index (χ0) is 27.7. The predicted octanol–water partition coefficient (Wildman–Crippen LogP) is 1.83. The van der Waals surface area contributed by atoms with E-state index in [0.717, 1.165) is 17.2 Å². The maximum atomic E-state index is 13.3. The smallest absolute Gasteiger partial charge is 0.243 e. The summed E-state index contributed by atoms with van der Waals surface area (Å²) in [7, 11) is -7.44. The highest BCUT2D eigenvalue weighted by Gasteiger charge is 2.44. The zero-order valence-electron chi connectivity index (χ0n) is 21.4. The molecule has 0 bridgehead atoms. The largest absolute Gasteiger partial charge is 0.491 e. The van der Waals surface area contributed by atoms with Crippen LogP contribution in [0, 0.1) is 0 Å². The fourth-order valence-electron chi connectivity index (χ4n) is 5.23. The van der Waals surface area contributed by atoms with Gasteiger partial charge in [-0.2, -0.15) is 4.31 Å². The third kappa shape index (κ3) is 6.43. The summed E-state index contributed by atoms with van der Waals surface area (Å²) in [4.78, 5) is 0.244. The molecule has 210 valence electrons. The van der Waals surface area contributed by atoms with Crippen molar-refractivity contribution in [2.75, 3.05) is 32.8 Å². The summed E-state index contributed by atoms with van der Waals surface area (Å²) in [6.45, 7) is 1.48. The fourth-order valence-corrected chi connectivity index (χ4v) is 7.26. The van der Waals surface area contributed by atoms with Crippen molar-refractivity contribution < 1.29 is 31.4 Å². The first-order valence-electron chi connectivity index (χ1n) is 12.8. The van der Waals surface area contributed by atoms with E-state index in [4.69, 9.17) is 14.6 Å². The number of aliphatic hydroxyl groups excluding tert-OH is 1. The lowest BCUT2D eigenvalue weighted by molar-refractivity contribution is -0.0312. The molecule has 0 amide bonds. The van der Waals surface area contributed by atoms with Crippen LogP contribution in [0.5, 0.6) is 5.75 Å². The summed E-state index contributed by atoms with van der Waals surface area (Å²) in [5.74, 6) is 0.300. The van der Waals surface area contributed by atoms with Gasteiger partial charge in [0, 0.05) is 31.7 Å². The second-order valence-corrected chi connectivity index (χ2v) is 13.7. The summed E-state index contributed by atoms with van der Waals surface area (Å²) in [6, 6.07) is 18.8. The van der Waals surface area contributed by atoms with Gasteiger partial charge in [0.25, 0.3) is 0 Å². The van der Waals surface area contributed by atoms with Crippen molar-refractivity contribution in [1.82, 2.24) is 9.62 Å². The Labute approximate surface area is 228 Å². The first-order chi connectivity index (χ1) is 18.5. The predicted molar refractivity (Wildman–Crippen MR) is 146 cm³/mol. The van der Waals surface area contributed by atoms with Crippen LogP contribution in [0.4, 0.5) is 0 Å². The zero-order valence-corrected chi connectivity index (χ0v) is 23.0. The van der Waals surface area contributed by atoms with E-state index in [-0.39, 0.29) is 29.7 Å². The Morgan fingerprint density at radius 1 is 1.00 bits per heavy atom. The van der Waals surface area contributed by atoms with Crippen LogP contribution in [0.1, 0.15) is 19.3 Å². The van der Waals surface area contributed by atoms with Gasteiger partial charge < -0.3 is 19.9 Å². The minimum atomic E-state index is -3.84. The summed E-state index contributed by atoms with van der Waals surface area (Å²) in [5.41, 5.74) is -0.386. The molecule has 2 saturated heterocycles. The van der Waals surface area contributed by atoms with Gasteiger partial charge in [0.15, 0.2) is 0 Å². The van der Waals surface area contributed by atoms with E-state index in [1.165, 1.54) is 18.2 Å². The number of nitrogens with two attached hydrogens (primary N) is 1. The molecule has 4 N–H and O–H groups in total. The third-order valence-electron chi connectivity index (χ3n) is 7.42. The van der Waals surface area contributed by atoms with Crippen LogP contribution < -0.4 is 15.2 Å². The molecule has 2 fully saturated rings. The van der Waals surface area contributed by atoms with Crippen molar-refractivity contribution in [3.63, 3.8) is 0 Å². The van der Waals surface area contributed by atoms with Crippen molar-refractivity contribution in [1.29, 1.82) is 0 Å². The molecule has 0 radical (unpaired) electrons. The molecule has 3 aromatic rings. The highest BCUT2D eigenvalue weighted by atomic mass is 32.2. The Bertz CT molecular complexity index is 1540. The number of rotatable bonds is 9. The Morgan fingerprint density at radius 3 is 2.49 bits per heavy atom. The average Bonchev–Trinajstić information content (AvgIpc) is 3.32. The highest BCUT2D eigenvalue weighted by Crippen LogP contribution is 2.37. The fraction of sp³-hybridized carbons (Fsp3) is 0.407. The van der Waals surface area contributed by atoms with E-state index in [1.807, 2.05) is 30.3 Å². The lowest BCUT2D eigenvalue weighted by atomic mass is 9.88. The van der Waals surface area contributed by atoms with Crippen LogP contribution in [-0.2, 0) is 24.8 Å². The first-order valence-corrected chi connectivity index (χ1v) is 15.8. The lowest BCUT2D eigenvalue weighted by Crippen LogP contribution is -2.47. The molecular formula is C27H33N3O7S2. The Kier molecular flexibility index (Phi) is 7.98. The summed E-state index contributed by atoms with van der Waals surface area (Å²) in [6.07, 6.45) is 1.10. The maximum Gasteiger partial charge on any atom is 0.243 e. The number of aliphatic hydroxyl groups is 1. The van der Waals surface area contributed by atoms with Crippen molar-refractivity contribution in [3.8, 4) is 5.75 Å². The number of piperidine rings is 1. The lowest BCUT2D eigenvalue weighted by Gasteiger charge is -2.38. The molecule has 1 spiro atoms. The quantitative estimate of drug-likeness (QED) is 0.350. The molecule has 2 atom stereocenters. The van der Waals surface area contributed by atoms with Gasteiger partial charge in [0.1, 0.15) is 18.5 Å². The van der Waals surface area contributed by atoms with E-state index < -0.39 is 26.2 Å². The average molecular weight is 576 g/mol. The summed E-state index contributed by atoms with van der Waals surface area (Å²) < 4.78 is 62.8. The number of primary sulfonamides is 1. The van der Waals surface area contributed by atoms with Gasteiger partial charge in [-0.25, -0.2) is 22.0 Å². The minimum absolute atomic E-state index is 0.0222. The Balaban J connectivity index is 1.10. The van der Waals surface area contributed by atoms with Crippen LogP contribution in [0.2, 0.25) is 0 Å². The number of nitrogens with one attached hydrogen (secondary N) is 1. The number of hydrogen-bond donors (Lipinski definition) is 3. The van der Waals surface area contributed by atoms with Crippen LogP contribution >= 0.6 is 0 Å². The Morgan fingerprint density at radius 2 is 1.74 bits per heavy atom. The topological polar surface area (TPSA) is 148 Å². The second-order valence-electron chi connectivity index (χ2n) is 10.2. The molecular weight excluding hydrogens is 542 g/mol. The minimum Gasteiger partial charge on any atom is -0.491 e. The van der Waals surface area contributed by atoms with Gasteiger partial charge in [-0.1, -0.05) is 36.4 Å². The third-order valence-corrected chi connectivity index (χ3v) is 10.2. The van der Waals surface area contributed by atoms with Crippen molar-refractivity contribution in [3.05, 3.63) is 66.7 Å². The molecule has 12 heteroatoms. The molecule has 1 unspecified atom stereocenters. The van der Waals surface area contributed by atoms with Gasteiger partial charge >= 0.3 is 0 Å².